The number of benzene rings is 2. The fraction of sp³-hybridized carbons (Fsp3) is 0.200. The summed E-state index contributed by atoms with van der Waals surface area (Å²) in [5.41, 5.74) is 4.51. The molecule has 7 heteroatoms. The van der Waals surface area contributed by atoms with Crippen molar-refractivity contribution < 1.29 is 4.79 Å². The van der Waals surface area contributed by atoms with Gasteiger partial charge in [0.15, 0.2) is 0 Å². The number of thiazole rings is 1. The summed E-state index contributed by atoms with van der Waals surface area (Å²) in [4.78, 5) is 30.1. The lowest BCUT2D eigenvalue weighted by Crippen LogP contribution is -2.32. The Labute approximate surface area is 190 Å². The number of hydrogen-bond acceptors (Lipinski definition) is 5. The molecule has 0 saturated carbocycles. The van der Waals surface area contributed by atoms with Crippen molar-refractivity contribution >= 4 is 17.2 Å². The van der Waals surface area contributed by atoms with E-state index in [0.717, 1.165) is 32.3 Å². The molecule has 0 saturated heterocycles. The molecule has 4 aromatic rings. The monoisotopic (exact) mass is 444 g/mol. The van der Waals surface area contributed by atoms with Crippen molar-refractivity contribution in [3.8, 4) is 21.1 Å². The second kappa shape index (κ2) is 9.70. The first kappa shape index (κ1) is 21.6. The van der Waals surface area contributed by atoms with Gasteiger partial charge in [-0.2, -0.15) is 5.10 Å². The molecule has 0 unspecified atom stereocenters. The second-order valence-corrected chi connectivity index (χ2v) is 8.59. The minimum absolute atomic E-state index is 0.0781. The van der Waals surface area contributed by atoms with Crippen LogP contribution in [0.1, 0.15) is 16.8 Å². The van der Waals surface area contributed by atoms with Crippen LogP contribution in [-0.2, 0) is 17.8 Å². The molecule has 162 valence electrons. The third kappa shape index (κ3) is 5.18. The lowest BCUT2D eigenvalue weighted by Gasteiger charge is -2.08. The molecule has 0 aliphatic rings. The number of aryl methyl sites for hydroxylation is 2. The number of rotatable bonds is 7. The zero-order valence-corrected chi connectivity index (χ0v) is 18.9. The van der Waals surface area contributed by atoms with E-state index >= 15 is 0 Å². The van der Waals surface area contributed by atoms with Crippen LogP contribution in [0.25, 0.3) is 21.1 Å². The van der Waals surface area contributed by atoms with Crippen molar-refractivity contribution in [3.05, 3.63) is 93.9 Å². The number of nitrogens with zero attached hydrogens (tertiary/aromatic N) is 3. The molecule has 2 heterocycles. The molecule has 0 fully saturated rings. The minimum Gasteiger partial charge on any atom is -0.354 e. The fourth-order valence-electron chi connectivity index (χ4n) is 3.44. The molecule has 0 bridgehead atoms. The van der Waals surface area contributed by atoms with Gasteiger partial charge in [-0.3, -0.25) is 9.59 Å². The Bertz CT molecular complexity index is 1290. The molecule has 2 aromatic carbocycles. The highest BCUT2D eigenvalue weighted by Crippen LogP contribution is 2.33. The highest BCUT2D eigenvalue weighted by Gasteiger charge is 2.14. The van der Waals surface area contributed by atoms with E-state index in [4.69, 9.17) is 0 Å². The van der Waals surface area contributed by atoms with E-state index in [1.54, 1.807) is 17.4 Å². The molecule has 4 rings (SSSR count). The van der Waals surface area contributed by atoms with Crippen LogP contribution in [0.5, 0.6) is 0 Å². The fourth-order valence-corrected chi connectivity index (χ4v) is 4.48. The van der Waals surface area contributed by atoms with Crippen LogP contribution in [0.2, 0.25) is 0 Å². The smallest absolute Gasteiger partial charge is 0.266 e. The molecule has 2 aromatic heterocycles. The number of amides is 1. The van der Waals surface area contributed by atoms with E-state index in [-0.39, 0.29) is 11.5 Å². The Balaban J connectivity index is 1.44. The predicted octanol–water partition coefficient (Wildman–Crippen LogP) is 4.01. The van der Waals surface area contributed by atoms with Crippen LogP contribution in [0, 0.1) is 13.8 Å². The van der Waals surface area contributed by atoms with E-state index in [0.29, 0.717) is 25.2 Å². The van der Waals surface area contributed by atoms with Gasteiger partial charge in [0.05, 0.1) is 23.5 Å². The van der Waals surface area contributed by atoms with Gasteiger partial charge in [0.2, 0.25) is 5.91 Å². The second-order valence-electron chi connectivity index (χ2n) is 7.60. The van der Waals surface area contributed by atoms with E-state index in [1.165, 1.54) is 10.7 Å². The lowest BCUT2D eigenvalue weighted by molar-refractivity contribution is -0.120. The van der Waals surface area contributed by atoms with Crippen LogP contribution >= 0.6 is 11.3 Å². The quantitative estimate of drug-likeness (QED) is 0.467. The molecule has 0 spiro atoms. The molecule has 0 radical (unpaired) electrons. The van der Waals surface area contributed by atoms with Crippen LogP contribution in [-0.4, -0.2) is 27.2 Å². The summed E-state index contributed by atoms with van der Waals surface area (Å²) in [6.07, 6.45) is 0.312. The highest BCUT2D eigenvalue weighted by molar-refractivity contribution is 7.18. The summed E-state index contributed by atoms with van der Waals surface area (Å²) in [7, 11) is 0. The first-order valence-corrected chi connectivity index (χ1v) is 11.2. The van der Waals surface area contributed by atoms with Crippen molar-refractivity contribution in [1.29, 1.82) is 0 Å². The number of carbonyl (C=O) groups excluding carboxylic acids is 1. The molecule has 32 heavy (non-hydrogen) atoms. The van der Waals surface area contributed by atoms with Crippen LogP contribution in [0.3, 0.4) is 0 Å². The molecule has 1 amide bonds. The van der Waals surface area contributed by atoms with Crippen molar-refractivity contribution in [2.24, 2.45) is 0 Å². The summed E-state index contributed by atoms with van der Waals surface area (Å²) in [6, 6.07) is 21.1. The zero-order valence-electron chi connectivity index (χ0n) is 18.0. The Morgan fingerprint density at radius 2 is 1.84 bits per heavy atom. The Kier molecular flexibility index (Phi) is 6.56. The maximum atomic E-state index is 12.3. The molecule has 6 nitrogen and oxygen atoms in total. The summed E-state index contributed by atoms with van der Waals surface area (Å²) in [5.74, 6) is -0.0781. The highest BCUT2D eigenvalue weighted by atomic mass is 32.1. The zero-order chi connectivity index (χ0) is 22.5. The van der Waals surface area contributed by atoms with E-state index in [1.807, 2.05) is 68.4 Å². The standard InChI is InChI=1S/C25H24N4O2S/c1-17-7-6-8-19(15-17)16-22(30)26-13-14-29-23(31)12-11-21(28-29)24-18(2)27-25(32-24)20-9-4-3-5-10-20/h3-12,15H,13-14,16H2,1-2H3,(H,26,30). The van der Waals surface area contributed by atoms with Gasteiger partial charge in [-0.1, -0.05) is 60.2 Å². The predicted molar refractivity (Wildman–Crippen MR) is 128 cm³/mol. The summed E-state index contributed by atoms with van der Waals surface area (Å²) >= 11 is 1.55. The van der Waals surface area contributed by atoms with Gasteiger partial charge in [-0.05, 0) is 25.5 Å². The molecule has 0 aliphatic heterocycles. The first-order chi connectivity index (χ1) is 15.5. The summed E-state index contributed by atoms with van der Waals surface area (Å²) < 4.78 is 1.39. The van der Waals surface area contributed by atoms with E-state index in [2.05, 4.69) is 15.4 Å². The van der Waals surface area contributed by atoms with Crippen LogP contribution < -0.4 is 10.9 Å². The molecule has 1 N–H and O–H groups in total. The summed E-state index contributed by atoms with van der Waals surface area (Å²) in [6.45, 7) is 4.58. The third-order valence-corrected chi connectivity index (χ3v) is 6.24. The van der Waals surface area contributed by atoms with Gasteiger partial charge in [-0.25, -0.2) is 9.67 Å². The lowest BCUT2D eigenvalue weighted by atomic mass is 10.1. The molecular formula is C25H24N4O2S. The van der Waals surface area contributed by atoms with E-state index < -0.39 is 0 Å². The number of carbonyl (C=O) groups is 1. The normalized spacial score (nSPS) is 10.8. The molecule has 0 aliphatic carbocycles. The third-order valence-electron chi connectivity index (χ3n) is 5.01. The Morgan fingerprint density at radius 3 is 2.62 bits per heavy atom. The van der Waals surface area contributed by atoms with Gasteiger partial charge in [0.1, 0.15) is 10.7 Å². The van der Waals surface area contributed by atoms with Crippen LogP contribution in [0.4, 0.5) is 0 Å². The number of hydrogen-bond donors (Lipinski definition) is 1. The molecular weight excluding hydrogens is 420 g/mol. The first-order valence-electron chi connectivity index (χ1n) is 10.4. The van der Waals surface area contributed by atoms with Gasteiger partial charge in [0, 0.05) is 18.2 Å². The van der Waals surface area contributed by atoms with Gasteiger partial charge < -0.3 is 5.32 Å². The number of nitrogens with one attached hydrogen (secondary N) is 1. The largest absolute Gasteiger partial charge is 0.354 e. The average molecular weight is 445 g/mol. The maximum absolute atomic E-state index is 12.3. The topological polar surface area (TPSA) is 76.9 Å². The van der Waals surface area contributed by atoms with Gasteiger partial charge in [0.25, 0.3) is 5.56 Å². The van der Waals surface area contributed by atoms with E-state index in [9.17, 15) is 9.59 Å². The molecule has 0 atom stereocenters. The van der Waals surface area contributed by atoms with Gasteiger partial charge in [-0.15, -0.1) is 11.3 Å². The summed E-state index contributed by atoms with van der Waals surface area (Å²) in [5, 5.41) is 8.32. The van der Waals surface area contributed by atoms with Crippen molar-refractivity contribution in [1.82, 2.24) is 20.1 Å². The SMILES string of the molecule is Cc1cccc(CC(=O)NCCn2nc(-c3sc(-c4ccccc4)nc3C)ccc2=O)c1. The Morgan fingerprint density at radius 1 is 1.03 bits per heavy atom. The van der Waals surface area contributed by atoms with Gasteiger partial charge >= 0.3 is 0 Å². The average Bonchev–Trinajstić information content (AvgIpc) is 3.17. The van der Waals surface area contributed by atoms with Crippen molar-refractivity contribution in [2.45, 2.75) is 26.8 Å². The van der Waals surface area contributed by atoms with Crippen molar-refractivity contribution in [3.63, 3.8) is 0 Å². The number of aromatic nitrogens is 3. The Hall–Kier alpha value is -3.58. The maximum Gasteiger partial charge on any atom is 0.266 e. The van der Waals surface area contributed by atoms with Crippen molar-refractivity contribution in [2.75, 3.05) is 6.54 Å². The minimum atomic E-state index is -0.202. The van der Waals surface area contributed by atoms with Crippen LogP contribution in [0.15, 0.2) is 71.5 Å².